The molecule has 17 heteroatoms. The summed E-state index contributed by atoms with van der Waals surface area (Å²) in [6.45, 7) is 14.2. The number of sulfonamides is 1. The molecule has 0 bridgehead atoms. The zero-order chi connectivity index (χ0) is 47.3. The van der Waals surface area contributed by atoms with Crippen LogP contribution in [0.1, 0.15) is 118 Å². The number of hydrogen-bond acceptors (Lipinski definition) is 12. The molecule has 354 valence electrons. The fourth-order valence-electron chi connectivity index (χ4n) is 10.9. The van der Waals surface area contributed by atoms with Crippen molar-refractivity contribution in [1.82, 2.24) is 24.6 Å². The molecule has 1 spiro atoms. The van der Waals surface area contributed by atoms with E-state index in [0.717, 1.165) is 69.8 Å². The molecule has 9 rings (SSSR count). The quantitative estimate of drug-likeness (QED) is 0.0610. The molecule has 3 aromatic heterocycles. The number of likely N-dealkylation sites (tertiary alicyclic amines) is 1. The number of rotatable bonds is 14. The van der Waals surface area contributed by atoms with Crippen molar-refractivity contribution in [3.63, 3.8) is 0 Å². The van der Waals surface area contributed by atoms with E-state index in [2.05, 4.69) is 79.5 Å². The Morgan fingerprint density at radius 3 is 2.54 bits per heavy atom. The van der Waals surface area contributed by atoms with Crippen LogP contribution in [0, 0.1) is 27.3 Å². The Balaban J connectivity index is 0.928. The molecule has 15 nitrogen and oxygen atoms in total. The van der Waals surface area contributed by atoms with Crippen molar-refractivity contribution >= 4 is 50.2 Å². The molecule has 4 fully saturated rings. The first kappa shape index (κ1) is 46.2. The molecule has 5 heterocycles. The Bertz CT molecular complexity index is 2810. The summed E-state index contributed by atoms with van der Waals surface area (Å²) in [5.41, 5.74) is 2.98. The smallest absolute Gasteiger partial charge is 0.312 e. The fraction of sp³-hybridized carbons (Fsp3) is 0.460. The van der Waals surface area contributed by atoms with Gasteiger partial charge in [0.05, 0.1) is 27.7 Å². The van der Waals surface area contributed by atoms with Crippen LogP contribution in [0.4, 0.5) is 21.6 Å². The van der Waals surface area contributed by atoms with Gasteiger partial charge in [-0.25, -0.2) is 27.5 Å². The van der Waals surface area contributed by atoms with E-state index in [0.29, 0.717) is 37.3 Å². The van der Waals surface area contributed by atoms with Gasteiger partial charge in [-0.2, -0.15) is 0 Å². The normalized spacial score (nSPS) is 23.0. The second kappa shape index (κ2) is 18.3. The molecular weight excluding hydrogens is 876 g/mol. The summed E-state index contributed by atoms with van der Waals surface area (Å²) in [7, 11) is -4.71. The fourth-order valence-corrected chi connectivity index (χ4v) is 11.8. The molecule has 2 saturated carbocycles. The third kappa shape index (κ3) is 9.50. The third-order valence-corrected chi connectivity index (χ3v) is 16.1. The van der Waals surface area contributed by atoms with Gasteiger partial charge in [0.25, 0.3) is 15.9 Å². The number of carbonyl (C=O) groups is 1. The Labute approximate surface area is 390 Å². The van der Waals surface area contributed by atoms with Gasteiger partial charge < -0.3 is 25.0 Å². The molecule has 2 aliphatic heterocycles. The van der Waals surface area contributed by atoms with Gasteiger partial charge in [0.2, 0.25) is 5.82 Å². The molecule has 2 atom stereocenters. The molecule has 2 aliphatic carbocycles. The molecule has 0 radical (unpaired) electrons. The highest BCUT2D eigenvalue weighted by atomic mass is 32.2. The number of nitro groups is 1. The first-order valence-electron chi connectivity index (χ1n) is 23.4. The highest BCUT2D eigenvalue weighted by Gasteiger charge is 2.49. The molecule has 4 N–H and O–H groups in total. The number of halogens is 1. The van der Waals surface area contributed by atoms with E-state index in [4.69, 9.17) is 4.74 Å². The highest BCUT2D eigenvalue weighted by Crippen LogP contribution is 2.49. The van der Waals surface area contributed by atoms with Gasteiger partial charge in [-0.1, -0.05) is 51.1 Å². The number of aromatic nitrogens is 3. The Hall–Kier alpha value is -5.91. The second-order valence-electron chi connectivity index (χ2n) is 19.7. The topological polar surface area (TPSA) is 196 Å². The van der Waals surface area contributed by atoms with Crippen molar-refractivity contribution < 1.29 is 32.4 Å². The minimum Gasteiger partial charge on any atom is -0.454 e. The number of carbonyl (C=O) groups excluding carboxylic acids is 1. The summed E-state index contributed by atoms with van der Waals surface area (Å²) >= 11 is 0. The summed E-state index contributed by atoms with van der Waals surface area (Å²) < 4.78 is 50.8. The van der Waals surface area contributed by atoms with Gasteiger partial charge in [-0.05, 0) is 117 Å². The maximum Gasteiger partial charge on any atom is 0.312 e. The SMILES string of the molecule is C=Cc1nc2[nH]cc(F)c2cc1Oc1cc(N2CCC3(CC2)CN([C@H]2CCC[C@H]2c2ccccc2C(C)C)C3)ccc1C(=O)NS(=O)(=O)c1cnc(NCC2CCC(C)(O)CC2)c([N+](=O)[O-])c1. The first-order chi connectivity index (χ1) is 32.0. The van der Waals surface area contributed by atoms with E-state index in [-0.39, 0.29) is 50.9 Å². The molecular formula is C50H59FN8O7S. The Kier molecular flexibility index (Phi) is 12.6. The van der Waals surface area contributed by atoms with Crippen molar-refractivity contribution in [1.29, 1.82) is 0 Å². The van der Waals surface area contributed by atoms with Crippen LogP contribution >= 0.6 is 0 Å². The van der Waals surface area contributed by atoms with E-state index in [1.165, 1.54) is 54.8 Å². The van der Waals surface area contributed by atoms with Crippen LogP contribution in [-0.4, -0.2) is 88.6 Å². The maximum absolute atomic E-state index is 14.8. The van der Waals surface area contributed by atoms with Crippen molar-refractivity contribution in [3.8, 4) is 11.5 Å². The molecule has 2 saturated heterocycles. The van der Waals surface area contributed by atoms with Gasteiger partial charge in [-0.3, -0.25) is 19.8 Å². The number of H-pyrrole nitrogens is 1. The predicted molar refractivity (Wildman–Crippen MR) is 256 cm³/mol. The molecule has 0 unspecified atom stereocenters. The third-order valence-electron chi connectivity index (χ3n) is 14.8. The van der Waals surface area contributed by atoms with E-state index < -0.39 is 42.9 Å². The van der Waals surface area contributed by atoms with Crippen molar-refractivity contribution in [2.75, 3.05) is 42.9 Å². The lowest BCUT2D eigenvalue weighted by molar-refractivity contribution is -0.384. The number of benzene rings is 2. The van der Waals surface area contributed by atoms with Gasteiger partial charge in [0, 0.05) is 62.8 Å². The van der Waals surface area contributed by atoms with E-state index >= 15 is 0 Å². The second-order valence-corrected chi connectivity index (χ2v) is 21.4. The lowest BCUT2D eigenvalue weighted by Gasteiger charge is -2.57. The first-order valence-corrected chi connectivity index (χ1v) is 24.9. The van der Waals surface area contributed by atoms with Gasteiger partial charge in [0.1, 0.15) is 27.8 Å². The lowest BCUT2D eigenvalue weighted by atomic mass is 9.70. The molecule has 2 aromatic carbocycles. The van der Waals surface area contributed by atoms with Crippen molar-refractivity contribution in [2.45, 2.75) is 107 Å². The summed E-state index contributed by atoms with van der Waals surface area (Å²) in [5, 5.41) is 25.6. The zero-order valence-corrected chi connectivity index (χ0v) is 39.1. The number of nitrogens with zero attached hydrogens (tertiary/aromatic N) is 5. The van der Waals surface area contributed by atoms with Gasteiger partial charge in [0.15, 0.2) is 5.75 Å². The van der Waals surface area contributed by atoms with Crippen molar-refractivity contribution in [3.05, 3.63) is 112 Å². The number of fused-ring (bicyclic) bond motifs is 1. The van der Waals surface area contributed by atoms with Crippen LogP contribution in [-0.2, 0) is 10.0 Å². The van der Waals surface area contributed by atoms with Gasteiger partial charge >= 0.3 is 5.69 Å². The average molecular weight is 935 g/mol. The summed E-state index contributed by atoms with van der Waals surface area (Å²) in [6, 6.07) is 16.7. The minimum absolute atomic E-state index is 0.0117. The Morgan fingerprint density at radius 2 is 1.82 bits per heavy atom. The standard InChI is InChI=1S/C50H59FN8O7S/c1-5-41-45(25-39-40(51)28-54-46(39)55-41)66-44-23-33(57-21-19-50(20-22-57)29-58(30-50)42-12-8-11-37(42)36-10-7-6-9-35(36)31(2)3)13-14-38(44)48(60)56-67(64,65)34-24-43(59(62)63)47(53-27-34)52-26-32-15-17-49(4,61)18-16-32/h5-7,9-10,13-14,23-25,27-28,31-32,37,42,61H,1,8,11-12,15-22,26,29-30H2,2-4H3,(H,52,53)(H,54,55)(H,56,60)/t32?,37-,42-,49?/m0/s1. The van der Waals surface area contributed by atoms with Crippen LogP contribution in [0.15, 0.2) is 78.5 Å². The van der Waals surface area contributed by atoms with E-state index in [1.54, 1.807) is 19.1 Å². The highest BCUT2D eigenvalue weighted by molar-refractivity contribution is 7.90. The number of nitrogens with one attached hydrogen (secondary N) is 3. The number of aromatic amines is 1. The monoisotopic (exact) mass is 934 g/mol. The molecule has 1 amide bonds. The zero-order valence-electron chi connectivity index (χ0n) is 38.3. The largest absolute Gasteiger partial charge is 0.454 e. The number of ether oxygens (including phenoxy) is 1. The number of pyridine rings is 2. The van der Waals surface area contributed by atoms with Crippen LogP contribution in [0.2, 0.25) is 0 Å². The number of amides is 1. The molecule has 67 heavy (non-hydrogen) atoms. The lowest BCUT2D eigenvalue weighted by Crippen LogP contribution is -2.63. The van der Waals surface area contributed by atoms with Crippen molar-refractivity contribution in [2.24, 2.45) is 11.3 Å². The van der Waals surface area contributed by atoms with Crippen LogP contribution < -0.4 is 19.7 Å². The Morgan fingerprint density at radius 1 is 1.07 bits per heavy atom. The number of aliphatic hydroxyl groups is 1. The minimum atomic E-state index is -4.71. The average Bonchev–Trinajstić information content (AvgIpc) is 3.93. The van der Waals surface area contributed by atoms with E-state index in [1.807, 2.05) is 0 Å². The summed E-state index contributed by atoms with van der Waals surface area (Å²) in [4.78, 5) is 41.2. The van der Waals surface area contributed by atoms with Crippen LogP contribution in [0.3, 0.4) is 0 Å². The van der Waals surface area contributed by atoms with Crippen LogP contribution in [0.5, 0.6) is 11.5 Å². The molecule has 4 aliphatic rings. The predicted octanol–water partition coefficient (Wildman–Crippen LogP) is 9.27. The number of piperidine rings is 1. The molecule has 5 aromatic rings. The summed E-state index contributed by atoms with van der Waals surface area (Å²) in [6.07, 6.45) is 11.8. The van der Waals surface area contributed by atoms with E-state index in [9.17, 15) is 32.8 Å². The van der Waals surface area contributed by atoms with Gasteiger partial charge in [-0.15, -0.1) is 0 Å². The number of anilines is 2. The maximum atomic E-state index is 14.8. The van der Waals surface area contributed by atoms with Crippen LogP contribution in [0.25, 0.3) is 17.1 Å². The summed E-state index contributed by atoms with van der Waals surface area (Å²) in [5.74, 6) is -0.488. The number of hydrogen-bond donors (Lipinski definition) is 4.